The second-order valence-corrected chi connectivity index (χ2v) is 8.42. The number of Topliss-reactive ketones (excluding diaryl/α,β-unsaturated/α-hetero) is 1. The summed E-state index contributed by atoms with van der Waals surface area (Å²) in [6.07, 6.45) is 4.47. The van der Waals surface area contributed by atoms with Crippen molar-refractivity contribution >= 4 is 22.5 Å². The van der Waals surface area contributed by atoms with E-state index in [-0.39, 0.29) is 11.6 Å². The number of hydrogen-bond acceptors (Lipinski definition) is 4. The van der Waals surface area contributed by atoms with Crippen LogP contribution in [0, 0.1) is 19.7 Å². The van der Waals surface area contributed by atoms with E-state index >= 15 is 4.39 Å². The summed E-state index contributed by atoms with van der Waals surface area (Å²) in [6, 6.07) is 5.79. The summed E-state index contributed by atoms with van der Waals surface area (Å²) in [4.78, 5) is 18.6. The maximum absolute atomic E-state index is 15.1. The Balaban J connectivity index is 1.73. The minimum atomic E-state index is -0.258. The molecule has 2 aromatic heterocycles. The van der Waals surface area contributed by atoms with Crippen LogP contribution in [0.25, 0.3) is 22.2 Å². The Kier molecular flexibility index (Phi) is 4.37. The predicted octanol–water partition coefficient (Wildman–Crippen LogP) is 4.82. The number of anilines is 1. The first-order valence-corrected chi connectivity index (χ1v) is 10.4. The van der Waals surface area contributed by atoms with Crippen molar-refractivity contribution in [1.82, 2.24) is 15.2 Å². The summed E-state index contributed by atoms with van der Waals surface area (Å²) in [5, 5.41) is 8.35. The van der Waals surface area contributed by atoms with Crippen LogP contribution in [0.5, 0.6) is 0 Å². The van der Waals surface area contributed by atoms with Crippen LogP contribution >= 0.6 is 0 Å². The first kappa shape index (κ1) is 18.3. The molecule has 150 valence electrons. The summed E-state index contributed by atoms with van der Waals surface area (Å²) >= 11 is 0. The van der Waals surface area contributed by atoms with E-state index in [0.29, 0.717) is 37.4 Å². The number of halogens is 1. The third kappa shape index (κ3) is 3.11. The summed E-state index contributed by atoms with van der Waals surface area (Å²) < 4.78 is 15.1. The number of carbonyl (C=O) groups excluding carboxylic acids is 1. The number of aryl methyl sites for hydroxylation is 2. The lowest BCUT2D eigenvalue weighted by molar-refractivity contribution is -0.119. The first-order valence-electron chi connectivity index (χ1n) is 10.4. The molecule has 3 heterocycles. The molecule has 0 unspecified atom stereocenters. The molecule has 6 heteroatoms. The third-order valence-electron chi connectivity index (χ3n) is 6.47. The van der Waals surface area contributed by atoms with E-state index in [9.17, 15) is 4.79 Å². The highest BCUT2D eigenvalue weighted by molar-refractivity contribution is 5.94. The van der Waals surface area contributed by atoms with E-state index in [0.717, 1.165) is 52.1 Å². The molecule has 5 rings (SSSR count). The van der Waals surface area contributed by atoms with Gasteiger partial charge in [0.2, 0.25) is 0 Å². The molecule has 3 aromatic rings. The lowest BCUT2D eigenvalue weighted by Gasteiger charge is -2.30. The fraction of sp³-hybridized carbons (Fsp3) is 0.435. The number of hydrogen-bond donors (Lipinski definition) is 1. The van der Waals surface area contributed by atoms with Crippen molar-refractivity contribution in [3.63, 3.8) is 0 Å². The molecule has 0 radical (unpaired) electrons. The van der Waals surface area contributed by atoms with Crippen LogP contribution in [-0.2, 0) is 4.79 Å². The molecule has 1 aliphatic heterocycles. The van der Waals surface area contributed by atoms with Crippen LogP contribution in [0.4, 0.5) is 10.2 Å². The number of pyridine rings is 1. The van der Waals surface area contributed by atoms with Gasteiger partial charge in [0.1, 0.15) is 22.9 Å². The fourth-order valence-electron chi connectivity index (χ4n) is 4.51. The molecule has 1 N–H and O–H groups in total. The molecule has 0 amide bonds. The normalized spacial score (nSPS) is 17.8. The molecule has 1 aliphatic carbocycles. The van der Waals surface area contributed by atoms with Crippen molar-refractivity contribution < 1.29 is 9.18 Å². The SMILES string of the molecule is Cc1cc(-c2c(N3CCC(=O)CC3)nc3c(F)cc(C4CCC4)cc3c2C)n[nH]1. The number of piperidine rings is 1. The zero-order valence-corrected chi connectivity index (χ0v) is 16.9. The van der Waals surface area contributed by atoms with E-state index < -0.39 is 0 Å². The van der Waals surface area contributed by atoms with Gasteiger partial charge in [-0.2, -0.15) is 5.10 Å². The zero-order chi connectivity index (χ0) is 20.1. The topological polar surface area (TPSA) is 61.9 Å². The largest absolute Gasteiger partial charge is 0.355 e. The highest BCUT2D eigenvalue weighted by atomic mass is 19.1. The Labute approximate surface area is 169 Å². The number of benzene rings is 1. The number of H-pyrrole nitrogens is 1. The number of rotatable bonds is 3. The Morgan fingerprint density at radius 3 is 2.52 bits per heavy atom. The average Bonchev–Trinajstić information content (AvgIpc) is 3.07. The fourth-order valence-corrected chi connectivity index (χ4v) is 4.51. The maximum Gasteiger partial charge on any atom is 0.149 e. The first-order chi connectivity index (χ1) is 14.0. The van der Waals surface area contributed by atoms with Gasteiger partial charge >= 0.3 is 0 Å². The van der Waals surface area contributed by atoms with Gasteiger partial charge in [0, 0.05) is 42.6 Å². The highest BCUT2D eigenvalue weighted by Crippen LogP contribution is 2.41. The molecule has 1 saturated carbocycles. The van der Waals surface area contributed by atoms with Crippen LogP contribution in [0.1, 0.15) is 54.8 Å². The number of fused-ring (bicyclic) bond motifs is 1. The van der Waals surface area contributed by atoms with Gasteiger partial charge in [0.25, 0.3) is 0 Å². The van der Waals surface area contributed by atoms with Crippen molar-refractivity contribution in [2.75, 3.05) is 18.0 Å². The maximum atomic E-state index is 15.1. The zero-order valence-electron chi connectivity index (χ0n) is 16.9. The lowest BCUT2D eigenvalue weighted by Crippen LogP contribution is -2.34. The predicted molar refractivity (Wildman–Crippen MR) is 112 cm³/mol. The monoisotopic (exact) mass is 392 g/mol. The molecule has 1 aromatic carbocycles. The Morgan fingerprint density at radius 2 is 1.90 bits per heavy atom. The van der Waals surface area contributed by atoms with E-state index in [2.05, 4.69) is 21.2 Å². The Hall–Kier alpha value is -2.76. The van der Waals surface area contributed by atoms with Gasteiger partial charge in [-0.1, -0.05) is 6.42 Å². The molecule has 29 heavy (non-hydrogen) atoms. The van der Waals surface area contributed by atoms with Crippen LogP contribution in [-0.4, -0.2) is 34.1 Å². The Bertz CT molecular complexity index is 1110. The molecule has 0 bridgehead atoms. The van der Waals surface area contributed by atoms with Crippen molar-refractivity contribution in [3.8, 4) is 11.3 Å². The second-order valence-electron chi connectivity index (χ2n) is 8.42. The van der Waals surface area contributed by atoms with Crippen molar-refractivity contribution in [3.05, 3.63) is 40.8 Å². The molecule has 2 aliphatic rings. The van der Waals surface area contributed by atoms with E-state index in [1.165, 1.54) is 6.42 Å². The van der Waals surface area contributed by atoms with E-state index in [1.54, 1.807) is 6.07 Å². The van der Waals surface area contributed by atoms with E-state index in [4.69, 9.17) is 4.98 Å². The number of aromatic amines is 1. The molecule has 0 spiro atoms. The molecular weight excluding hydrogens is 367 g/mol. The molecule has 0 atom stereocenters. The van der Waals surface area contributed by atoms with Crippen LogP contribution in [0.15, 0.2) is 18.2 Å². The summed E-state index contributed by atoms with van der Waals surface area (Å²) in [5.74, 6) is 1.19. The number of nitrogens with one attached hydrogen (secondary N) is 1. The van der Waals surface area contributed by atoms with Gasteiger partial charge < -0.3 is 4.90 Å². The van der Waals surface area contributed by atoms with Crippen molar-refractivity contribution in [2.45, 2.75) is 51.9 Å². The van der Waals surface area contributed by atoms with Gasteiger partial charge in [-0.05, 0) is 61.9 Å². The van der Waals surface area contributed by atoms with Crippen LogP contribution < -0.4 is 4.90 Å². The minimum Gasteiger partial charge on any atom is -0.355 e. The molecule has 2 fully saturated rings. The number of aromatic nitrogens is 3. The van der Waals surface area contributed by atoms with Gasteiger partial charge in [-0.3, -0.25) is 9.89 Å². The number of ketones is 1. The van der Waals surface area contributed by atoms with Crippen molar-refractivity contribution in [2.24, 2.45) is 0 Å². The lowest BCUT2D eigenvalue weighted by atomic mass is 9.79. The third-order valence-corrected chi connectivity index (χ3v) is 6.47. The summed E-state index contributed by atoms with van der Waals surface area (Å²) in [6.45, 7) is 5.21. The smallest absolute Gasteiger partial charge is 0.149 e. The summed E-state index contributed by atoms with van der Waals surface area (Å²) in [7, 11) is 0. The quantitative estimate of drug-likeness (QED) is 0.694. The van der Waals surface area contributed by atoms with E-state index in [1.807, 2.05) is 19.9 Å². The van der Waals surface area contributed by atoms with Gasteiger partial charge in [-0.25, -0.2) is 9.37 Å². The van der Waals surface area contributed by atoms with Crippen LogP contribution in [0.3, 0.4) is 0 Å². The number of carbonyl (C=O) groups is 1. The molecular formula is C23H25FN4O. The van der Waals surface area contributed by atoms with Crippen LogP contribution in [0.2, 0.25) is 0 Å². The van der Waals surface area contributed by atoms with Gasteiger partial charge in [0.05, 0.1) is 5.69 Å². The number of nitrogens with zero attached hydrogens (tertiary/aromatic N) is 3. The standard InChI is InChI=1S/C23H25FN4O/c1-13-10-20(27-26-13)21-14(2)18-11-16(15-4-3-5-15)12-19(24)22(18)25-23(21)28-8-6-17(29)7-9-28/h10-12,15H,3-9H2,1-2H3,(H,26,27). The highest BCUT2D eigenvalue weighted by Gasteiger charge is 2.27. The minimum absolute atomic E-state index is 0.258. The molecule has 1 saturated heterocycles. The Morgan fingerprint density at radius 1 is 1.14 bits per heavy atom. The van der Waals surface area contributed by atoms with Gasteiger partial charge in [0.15, 0.2) is 0 Å². The van der Waals surface area contributed by atoms with Crippen molar-refractivity contribution in [1.29, 1.82) is 0 Å². The molecule has 5 nitrogen and oxygen atoms in total. The average molecular weight is 392 g/mol. The van der Waals surface area contributed by atoms with Gasteiger partial charge in [-0.15, -0.1) is 0 Å². The second kappa shape index (κ2) is 6.94. The summed E-state index contributed by atoms with van der Waals surface area (Å²) in [5.41, 5.74) is 5.19.